The average Bonchev–Trinajstić information content (AvgIpc) is 3.51. The number of furan rings is 1. The van der Waals surface area contributed by atoms with Crippen LogP contribution >= 0.6 is 24.0 Å². The molecular formula is C25H18N4O5S2. The largest absolute Gasteiger partial charge is 0.457 e. The Morgan fingerprint density at radius 2 is 1.81 bits per heavy atom. The summed E-state index contributed by atoms with van der Waals surface area (Å²) < 4.78 is 9.24. The van der Waals surface area contributed by atoms with Gasteiger partial charge in [0.2, 0.25) is 0 Å². The van der Waals surface area contributed by atoms with E-state index in [1.165, 1.54) is 21.7 Å². The lowest BCUT2D eigenvalue weighted by atomic mass is 10.1. The number of para-hydroxylation sites is 1. The van der Waals surface area contributed by atoms with E-state index in [2.05, 4.69) is 0 Å². The lowest BCUT2D eigenvalue weighted by Gasteiger charge is -2.12. The first-order valence-electron chi connectivity index (χ1n) is 10.7. The molecule has 0 aliphatic carbocycles. The van der Waals surface area contributed by atoms with Gasteiger partial charge in [0.1, 0.15) is 17.2 Å². The number of benzene rings is 2. The van der Waals surface area contributed by atoms with Crippen molar-refractivity contribution in [1.29, 1.82) is 0 Å². The number of nitro groups is 1. The number of nitrogens with zero attached hydrogens (tertiary/aromatic N) is 4. The number of hydrogen-bond acceptors (Lipinski definition) is 7. The number of carbonyl (C=O) groups is 1. The molecule has 2 aromatic heterocycles. The third-order valence-corrected chi connectivity index (χ3v) is 7.08. The number of non-ortho nitro benzene ring substituents is 1. The van der Waals surface area contributed by atoms with Crippen molar-refractivity contribution in [3.8, 4) is 17.0 Å². The van der Waals surface area contributed by atoms with Gasteiger partial charge in [-0.15, -0.1) is 0 Å². The molecule has 1 aliphatic rings. The molecule has 3 heterocycles. The predicted octanol–water partition coefficient (Wildman–Crippen LogP) is 5.06. The summed E-state index contributed by atoms with van der Waals surface area (Å²) in [5, 5.41) is 11.1. The molecule has 4 aromatic rings. The SMILES string of the molecule is Cc1c(N2C(=O)/C(=C\c3ccc(-c4cccc([N+](=O)[O-])c4)o3)SC2=S)c(=O)n(-c2ccccc2)n1C. The van der Waals surface area contributed by atoms with E-state index in [0.717, 1.165) is 11.8 Å². The zero-order chi connectivity index (χ0) is 25.6. The Morgan fingerprint density at radius 3 is 2.53 bits per heavy atom. The third kappa shape index (κ3) is 3.97. The molecule has 11 heteroatoms. The molecule has 5 rings (SSSR count). The number of carbonyl (C=O) groups excluding carboxylic acids is 1. The fraction of sp³-hybridized carbons (Fsp3) is 0.0800. The van der Waals surface area contributed by atoms with Gasteiger partial charge < -0.3 is 4.42 Å². The molecule has 2 aromatic carbocycles. The van der Waals surface area contributed by atoms with Crippen molar-refractivity contribution in [3.63, 3.8) is 0 Å². The minimum atomic E-state index is -0.476. The molecule has 0 saturated carbocycles. The lowest BCUT2D eigenvalue weighted by molar-refractivity contribution is -0.384. The summed E-state index contributed by atoms with van der Waals surface area (Å²) in [5.41, 5.74) is 1.59. The second kappa shape index (κ2) is 9.10. The van der Waals surface area contributed by atoms with Crippen molar-refractivity contribution in [2.75, 3.05) is 4.90 Å². The minimum Gasteiger partial charge on any atom is -0.457 e. The van der Waals surface area contributed by atoms with Crippen LogP contribution < -0.4 is 10.5 Å². The summed E-state index contributed by atoms with van der Waals surface area (Å²) in [6.07, 6.45) is 1.55. The van der Waals surface area contributed by atoms with Crippen molar-refractivity contribution in [1.82, 2.24) is 9.36 Å². The van der Waals surface area contributed by atoms with Gasteiger partial charge >= 0.3 is 0 Å². The number of anilines is 1. The number of amides is 1. The van der Waals surface area contributed by atoms with Gasteiger partial charge in [0, 0.05) is 30.8 Å². The summed E-state index contributed by atoms with van der Waals surface area (Å²) in [5.74, 6) is 0.373. The molecule has 0 N–H and O–H groups in total. The molecule has 0 bridgehead atoms. The van der Waals surface area contributed by atoms with Crippen LogP contribution in [-0.4, -0.2) is 24.5 Å². The van der Waals surface area contributed by atoms with Gasteiger partial charge in [0.25, 0.3) is 17.2 Å². The predicted molar refractivity (Wildman–Crippen MR) is 142 cm³/mol. The molecule has 1 saturated heterocycles. The molecule has 1 fully saturated rings. The second-order valence-electron chi connectivity index (χ2n) is 7.94. The minimum absolute atomic E-state index is 0.0503. The van der Waals surface area contributed by atoms with E-state index >= 15 is 0 Å². The van der Waals surface area contributed by atoms with Gasteiger partial charge in [-0.05, 0) is 31.2 Å². The van der Waals surface area contributed by atoms with Gasteiger partial charge in [0.05, 0.1) is 21.2 Å². The third-order valence-electron chi connectivity index (χ3n) is 5.78. The van der Waals surface area contributed by atoms with Gasteiger partial charge in [-0.3, -0.25) is 29.3 Å². The van der Waals surface area contributed by atoms with E-state index in [1.807, 2.05) is 30.3 Å². The standard InChI is InChI=1S/C25H18N4O5S2/c1-15-22(24(31)28(26(15)2)17-8-4-3-5-9-17)27-23(30)21(36-25(27)35)14-19-11-12-20(34-19)16-7-6-10-18(13-16)29(32)33/h3-14H,1-2H3/b21-14+. The van der Waals surface area contributed by atoms with Crippen LogP contribution in [0, 0.1) is 17.0 Å². The van der Waals surface area contributed by atoms with Crippen LogP contribution in [0.2, 0.25) is 0 Å². The summed E-state index contributed by atoms with van der Waals surface area (Å²) in [4.78, 5) is 38.9. The smallest absolute Gasteiger partial charge is 0.296 e. The Bertz CT molecular complexity index is 1630. The summed E-state index contributed by atoms with van der Waals surface area (Å²) >= 11 is 6.55. The van der Waals surface area contributed by atoms with Crippen LogP contribution in [0.15, 0.2) is 80.8 Å². The molecule has 1 amide bonds. The zero-order valence-corrected chi connectivity index (χ0v) is 20.7. The number of hydrogen-bond donors (Lipinski definition) is 0. The molecular weight excluding hydrogens is 500 g/mol. The number of thiocarbonyl (C=S) groups is 1. The molecule has 9 nitrogen and oxygen atoms in total. The monoisotopic (exact) mass is 518 g/mol. The fourth-order valence-corrected chi connectivity index (χ4v) is 5.21. The van der Waals surface area contributed by atoms with Crippen LogP contribution in [0.4, 0.5) is 11.4 Å². The number of rotatable bonds is 5. The van der Waals surface area contributed by atoms with Crippen LogP contribution in [0.25, 0.3) is 23.1 Å². The van der Waals surface area contributed by atoms with Crippen LogP contribution in [0.3, 0.4) is 0 Å². The highest BCUT2D eigenvalue weighted by atomic mass is 32.2. The van der Waals surface area contributed by atoms with Crippen LogP contribution in [-0.2, 0) is 11.8 Å². The molecule has 36 heavy (non-hydrogen) atoms. The fourth-order valence-electron chi connectivity index (χ4n) is 3.96. The quantitative estimate of drug-likeness (QED) is 0.157. The number of nitro benzene ring substituents is 1. The molecule has 1 aliphatic heterocycles. The first-order valence-corrected chi connectivity index (χ1v) is 12.0. The highest BCUT2D eigenvalue weighted by Gasteiger charge is 2.38. The molecule has 0 radical (unpaired) electrons. The first-order chi connectivity index (χ1) is 17.3. The van der Waals surface area contributed by atoms with Crippen molar-refractivity contribution in [3.05, 3.63) is 104 Å². The maximum absolute atomic E-state index is 13.4. The normalized spacial score (nSPS) is 14.7. The molecule has 0 unspecified atom stereocenters. The number of aromatic nitrogens is 2. The van der Waals surface area contributed by atoms with E-state index in [0.29, 0.717) is 33.4 Å². The number of thioether (sulfide) groups is 1. The van der Waals surface area contributed by atoms with Gasteiger partial charge in [-0.2, -0.15) is 0 Å². The van der Waals surface area contributed by atoms with E-state index in [4.69, 9.17) is 16.6 Å². The maximum atomic E-state index is 13.4. The Hall–Kier alpha value is -4.22. The van der Waals surface area contributed by atoms with E-state index in [-0.39, 0.29) is 21.3 Å². The highest BCUT2D eigenvalue weighted by Crippen LogP contribution is 2.37. The van der Waals surface area contributed by atoms with Crippen LogP contribution in [0.1, 0.15) is 11.5 Å². The van der Waals surface area contributed by atoms with Gasteiger partial charge in [-0.1, -0.05) is 54.3 Å². The Labute approximate surface area is 214 Å². The molecule has 180 valence electrons. The second-order valence-corrected chi connectivity index (χ2v) is 9.61. The summed E-state index contributed by atoms with van der Waals surface area (Å²) in [6.45, 7) is 1.76. The van der Waals surface area contributed by atoms with E-state index in [1.54, 1.807) is 49.0 Å². The van der Waals surface area contributed by atoms with Crippen molar-refractivity contribution >= 4 is 51.7 Å². The topological polar surface area (TPSA) is 104 Å². The van der Waals surface area contributed by atoms with Crippen LogP contribution in [0.5, 0.6) is 0 Å². The Kier molecular flexibility index (Phi) is 5.94. The van der Waals surface area contributed by atoms with Crippen molar-refractivity contribution in [2.45, 2.75) is 6.92 Å². The van der Waals surface area contributed by atoms with Crippen molar-refractivity contribution < 1.29 is 14.1 Å². The maximum Gasteiger partial charge on any atom is 0.296 e. The van der Waals surface area contributed by atoms with E-state index in [9.17, 15) is 19.7 Å². The molecule has 0 atom stereocenters. The Balaban J connectivity index is 1.48. The lowest BCUT2D eigenvalue weighted by Crippen LogP contribution is -2.33. The van der Waals surface area contributed by atoms with Gasteiger partial charge in [-0.25, -0.2) is 4.68 Å². The highest BCUT2D eigenvalue weighted by molar-refractivity contribution is 8.27. The van der Waals surface area contributed by atoms with Gasteiger partial charge in [0.15, 0.2) is 4.32 Å². The average molecular weight is 519 g/mol. The van der Waals surface area contributed by atoms with E-state index < -0.39 is 10.8 Å². The Morgan fingerprint density at radius 1 is 1.06 bits per heavy atom. The first kappa shape index (κ1) is 23.5. The van der Waals surface area contributed by atoms with Crippen molar-refractivity contribution in [2.24, 2.45) is 7.05 Å². The molecule has 0 spiro atoms. The summed E-state index contributed by atoms with van der Waals surface area (Å²) in [7, 11) is 1.75. The summed E-state index contributed by atoms with van der Waals surface area (Å²) in [6, 6.07) is 18.6. The zero-order valence-electron chi connectivity index (χ0n) is 19.1.